The van der Waals surface area contributed by atoms with Crippen molar-refractivity contribution in [2.24, 2.45) is 0 Å². The Bertz CT molecular complexity index is 803. The first-order chi connectivity index (χ1) is 10.1. The van der Waals surface area contributed by atoms with E-state index in [0.29, 0.717) is 23.6 Å². The molecule has 0 atom stereocenters. The van der Waals surface area contributed by atoms with Crippen molar-refractivity contribution >= 4 is 22.3 Å². The molecule has 0 radical (unpaired) electrons. The van der Waals surface area contributed by atoms with Gasteiger partial charge in [-0.05, 0) is 41.8 Å². The van der Waals surface area contributed by atoms with E-state index in [1.807, 2.05) is 12.1 Å². The molecule has 0 saturated heterocycles. The number of phenolic OH excluding ortho intramolecular Hbond substituents is 2. The summed E-state index contributed by atoms with van der Waals surface area (Å²) >= 11 is 0. The van der Waals surface area contributed by atoms with E-state index in [0.717, 1.165) is 10.8 Å². The van der Waals surface area contributed by atoms with Gasteiger partial charge in [-0.25, -0.2) is 4.98 Å². The Morgan fingerprint density at radius 3 is 2.76 bits per heavy atom. The first kappa shape index (κ1) is 13.1. The lowest BCUT2D eigenvalue weighted by Crippen LogP contribution is -2.02. The molecule has 21 heavy (non-hydrogen) atoms. The Morgan fingerprint density at radius 1 is 1.05 bits per heavy atom. The van der Waals surface area contributed by atoms with E-state index < -0.39 is 0 Å². The Balaban J connectivity index is 1.91. The number of nitrogens with two attached hydrogens (primary N) is 1. The first-order valence-electron chi connectivity index (χ1n) is 6.52. The highest BCUT2D eigenvalue weighted by Gasteiger charge is 2.06. The summed E-state index contributed by atoms with van der Waals surface area (Å²) in [6.45, 7) is 0.388. The predicted octanol–water partition coefficient (Wildman–Crippen LogP) is 2.84. The Morgan fingerprint density at radius 2 is 1.90 bits per heavy atom. The molecular weight excluding hydrogens is 266 g/mol. The lowest BCUT2D eigenvalue weighted by molar-refractivity contribution is 0.469. The molecule has 1 heterocycles. The zero-order chi connectivity index (χ0) is 14.8. The number of nitrogens with zero attached hydrogens (tertiary/aromatic N) is 1. The standard InChI is InChI=1S/C16H15N3O2/c17-12-2-4-15(21)11(7-12)9-19-16-14-8-13(20)3-1-10(14)5-6-18-16/h1-8,20-21H,9,17H2,(H,18,19). The van der Waals surface area contributed by atoms with Crippen molar-refractivity contribution in [3.8, 4) is 11.5 Å². The first-order valence-corrected chi connectivity index (χ1v) is 6.52. The number of fused-ring (bicyclic) bond motifs is 1. The minimum atomic E-state index is 0.180. The van der Waals surface area contributed by atoms with Crippen LogP contribution >= 0.6 is 0 Å². The van der Waals surface area contributed by atoms with Crippen LogP contribution in [0.5, 0.6) is 11.5 Å². The zero-order valence-electron chi connectivity index (χ0n) is 11.2. The van der Waals surface area contributed by atoms with E-state index in [9.17, 15) is 10.2 Å². The lowest BCUT2D eigenvalue weighted by atomic mass is 10.1. The van der Waals surface area contributed by atoms with Gasteiger partial charge >= 0.3 is 0 Å². The number of aromatic nitrogens is 1. The smallest absolute Gasteiger partial charge is 0.134 e. The third-order valence-electron chi connectivity index (χ3n) is 3.30. The highest BCUT2D eigenvalue weighted by Crippen LogP contribution is 2.26. The second-order valence-corrected chi connectivity index (χ2v) is 4.81. The third kappa shape index (κ3) is 2.67. The molecule has 2 aromatic carbocycles. The maximum Gasteiger partial charge on any atom is 0.134 e. The van der Waals surface area contributed by atoms with Crippen LogP contribution in [0.1, 0.15) is 5.56 Å². The van der Waals surface area contributed by atoms with Gasteiger partial charge in [-0.2, -0.15) is 0 Å². The van der Waals surface area contributed by atoms with Crippen molar-refractivity contribution in [3.05, 3.63) is 54.2 Å². The van der Waals surface area contributed by atoms with Crippen LogP contribution in [0, 0.1) is 0 Å². The molecule has 5 nitrogen and oxygen atoms in total. The van der Waals surface area contributed by atoms with E-state index in [4.69, 9.17) is 5.73 Å². The number of phenols is 2. The molecule has 106 valence electrons. The number of anilines is 2. The molecule has 3 aromatic rings. The Kier molecular flexibility index (Phi) is 3.23. The molecule has 0 aliphatic rings. The summed E-state index contributed by atoms with van der Waals surface area (Å²) in [5.41, 5.74) is 7.00. The fourth-order valence-electron chi connectivity index (χ4n) is 2.22. The number of hydrogen-bond acceptors (Lipinski definition) is 5. The zero-order valence-corrected chi connectivity index (χ0v) is 11.2. The fourth-order valence-corrected chi connectivity index (χ4v) is 2.22. The summed E-state index contributed by atoms with van der Waals surface area (Å²) in [6, 6.07) is 11.9. The number of rotatable bonds is 3. The largest absolute Gasteiger partial charge is 0.508 e. The Labute approximate surface area is 121 Å². The molecule has 5 heteroatoms. The summed E-state index contributed by atoms with van der Waals surface area (Å²) in [4.78, 5) is 4.28. The molecule has 0 fully saturated rings. The number of pyridine rings is 1. The van der Waals surface area contributed by atoms with Gasteiger partial charge in [0.2, 0.25) is 0 Å². The highest BCUT2D eigenvalue weighted by molar-refractivity contribution is 5.92. The van der Waals surface area contributed by atoms with Gasteiger partial charge in [0.1, 0.15) is 17.3 Å². The molecule has 1 aromatic heterocycles. The fraction of sp³-hybridized carbons (Fsp3) is 0.0625. The van der Waals surface area contributed by atoms with Crippen molar-refractivity contribution in [1.29, 1.82) is 0 Å². The van der Waals surface area contributed by atoms with Crippen LogP contribution in [0.2, 0.25) is 0 Å². The summed E-state index contributed by atoms with van der Waals surface area (Å²) in [5.74, 6) is 1.01. The number of aromatic hydroxyl groups is 2. The molecule has 0 saturated carbocycles. The normalized spacial score (nSPS) is 10.7. The second kappa shape index (κ2) is 5.20. The van der Waals surface area contributed by atoms with Gasteiger partial charge in [0.15, 0.2) is 0 Å². The second-order valence-electron chi connectivity index (χ2n) is 4.81. The Hall–Kier alpha value is -2.95. The van der Waals surface area contributed by atoms with Crippen molar-refractivity contribution in [2.45, 2.75) is 6.54 Å². The molecule has 0 bridgehead atoms. The molecule has 0 aliphatic heterocycles. The topological polar surface area (TPSA) is 91.4 Å². The number of benzene rings is 2. The van der Waals surface area contributed by atoms with Gasteiger partial charge in [-0.15, -0.1) is 0 Å². The summed E-state index contributed by atoms with van der Waals surface area (Å²) in [7, 11) is 0. The van der Waals surface area contributed by atoms with Crippen molar-refractivity contribution < 1.29 is 10.2 Å². The number of hydrogen-bond donors (Lipinski definition) is 4. The summed E-state index contributed by atoms with van der Waals surface area (Å²) in [6.07, 6.45) is 1.70. The number of nitrogen functional groups attached to an aromatic ring is 1. The molecule has 0 unspecified atom stereocenters. The van der Waals surface area contributed by atoms with Gasteiger partial charge < -0.3 is 21.3 Å². The van der Waals surface area contributed by atoms with Crippen LogP contribution in [0.3, 0.4) is 0 Å². The van der Waals surface area contributed by atoms with Crippen LogP contribution in [-0.4, -0.2) is 15.2 Å². The minimum absolute atomic E-state index is 0.180. The quantitative estimate of drug-likeness (QED) is 0.438. The van der Waals surface area contributed by atoms with Gasteiger partial charge in [-0.3, -0.25) is 0 Å². The molecule has 3 rings (SSSR count). The van der Waals surface area contributed by atoms with Crippen molar-refractivity contribution in [3.63, 3.8) is 0 Å². The third-order valence-corrected chi connectivity index (χ3v) is 3.30. The monoisotopic (exact) mass is 281 g/mol. The summed E-state index contributed by atoms with van der Waals surface area (Å²) < 4.78 is 0. The van der Waals surface area contributed by atoms with E-state index >= 15 is 0 Å². The van der Waals surface area contributed by atoms with Gasteiger partial charge in [0.25, 0.3) is 0 Å². The molecule has 5 N–H and O–H groups in total. The van der Waals surface area contributed by atoms with Crippen molar-refractivity contribution in [2.75, 3.05) is 11.1 Å². The predicted molar refractivity (Wildman–Crippen MR) is 83.3 cm³/mol. The summed E-state index contributed by atoms with van der Waals surface area (Å²) in [5, 5.41) is 24.4. The van der Waals surface area contributed by atoms with Crippen LogP contribution in [-0.2, 0) is 6.54 Å². The van der Waals surface area contributed by atoms with Gasteiger partial charge in [-0.1, -0.05) is 6.07 Å². The SMILES string of the molecule is Nc1ccc(O)c(CNc2nccc3ccc(O)cc23)c1. The van der Waals surface area contributed by atoms with Gasteiger partial charge in [0.05, 0.1) is 0 Å². The highest BCUT2D eigenvalue weighted by atomic mass is 16.3. The average Bonchev–Trinajstić information content (AvgIpc) is 2.48. The molecular formula is C16H15N3O2. The van der Waals surface area contributed by atoms with E-state index in [-0.39, 0.29) is 11.5 Å². The van der Waals surface area contributed by atoms with E-state index in [1.54, 1.807) is 36.5 Å². The van der Waals surface area contributed by atoms with Gasteiger partial charge in [0, 0.05) is 29.4 Å². The minimum Gasteiger partial charge on any atom is -0.508 e. The molecule has 0 aliphatic carbocycles. The van der Waals surface area contributed by atoms with Crippen LogP contribution in [0.25, 0.3) is 10.8 Å². The maximum atomic E-state index is 9.81. The molecule has 0 amide bonds. The molecule has 0 spiro atoms. The van der Waals surface area contributed by atoms with Crippen molar-refractivity contribution in [1.82, 2.24) is 4.98 Å². The number of nitrogens with one attached hydrogen (secondary N) is 1. The van der Waals surface area contributed by atoms with Crippen LogP contribution < -0.4 is 11.1 Å². The average molecular weight is 281 g/mol. The van der Waals surface area contributed by atoms with E-state index in [2.05, 4.69) is 10.3 Å². The van der Waals surface area contributed by atoms with Crippen LogP contribution in [0.4, 0.5) is 11.5 Å². The van der Waals surface area contributed by atoms with E-state index in [1.165, 1.54) is 0 Å². The maximum absolute atomic E-state index is 9.81. The lowest BCUT2D eigenvalue weighted by Gasteiger charge is -2.10. The van der Waals surface area contributed by atoms with Crippen LogP contribution in [0.15, 0.2) is 48.7 Å².